The second kappa shape index (κ2) is 8.56. The highest BCUT2D eigenvalue weighted by atomic mass is 16.5. The molecule has 0 radical (unpaired) electrons. The number of hydrogen-bond acceptors (Lipinski definition) is 3. The first-order chi connectivity index (χ1) is 10.7. The van der Waals surface area contributed by atoms with Crippen molar-refractivity contribution in [1.82, 2.24) is 10.2 Å². The van der Waals surface area contributed by atoms with Crippen molar-refractivity contribution in [2.75, 3.05) is 20.2 Å². The Morgan fingerprint density at radius 1 is 1.17 bits per heavy atom. The Bertz CT molecular complexity index is 518. The molecule has 1 N–H and O–H groups in total. The van der Waals surface area contributed by atoms with E-state index in [0.717, 1.165) is 11.3 Å². The van der Waals surface area contributed by atoms with Crippen LogP contribution in [-0.2, 0) is 16.0 Å². The Balaban J connectivity index is 2.51. The first kappa shape index (κ1) is 19.0. The predicted octanol–water partition coefficient (Wildman–Crippen LogP) is 2.39. The largest absolute Gasteiger partial charge is 0.497 e. The van der Waals surface area contributed by atoms with Gasteiger partial charge in [0.05, 0.1) is 13.7 Å². The van der Waals surface area contributed by atoms with Crippen LogP contribution < -0.4 is 10.1 Å². The molecule has 0 aliphatic carbocycles. The summed E-state index contributed by atoms with van der Waals surface area (Å²) in [6, 6.07) is 7.67. The molecule has 0 saturated carbocycles. The van der Waals surface area contributed by atoms with Crippen LogP contribution in [0.4, 0.5) is 0 Å². The number of nitrogens with one attached hydrogen (secondary N) is 1. The monoisotopic (exact) mass is 320 g/mol. The molecule has 0 saturated heterocycles. The molecule has 0 aromatic heterocycles. The van der Waals surface area contributed by atoms with Gasteiger partial charge in [0.25, 0.3) is 0 Å². The number of hydrogen-bond donors (Lipinski definition) is 1. The average Bonchev–Trinajstić information content (AvgIpc) is 2.49. The SMILES string of the molecule is CCN(CC(=O)NC(C)(C)C)C(=O)CCc1ccc(OC)cc1. The van der Waals surface area contributed by atoms with E-state index in [1.807, 2.05) is 52.0 Å². The smallest absolute Gasteiger partial charge is 0.240 e. The van der Waals surface area contributed by atoms with E-state index in [4.69, 9.17) is 4.74 Å². The molecule has 128 valence electrons. The summed E-state index contributed by atoms with van der Waals surface area (Å²) in [5, 5.41) is 2.88. The number of carbonyl (C=O) groups excluding carboxylic acids is 2. The molecule has 0 aliphatic rings. The minimum Gasteiger partial charge on any atom is -0.497 e. The summed E-state index contributed by atoms with van der Waals surface area (Å²) < 4.78 is 5.11. The topological polar surface area (TPSA) is 58.6 Å². The van der Waals surface area contributed by atoms with Crippen LogP contribution in [0.3, 0.4) is 0 Å². The lowest BCUT2D eigenvalue weighted by Gasteiger charge is -2.25. The Kier molecular flexibility index (Phi) is 7.07. The van der Waals surface area contributed by atoms with Crippen LogP contribution in [0, 0.1) is 0 Å². The third-order valence-corrected chi connectivity index (χ3v) is 3.37. The Morgan fingerprint density at radius 3 is 2.26 bits per heavy atom. The second-order valence-electron chi connectivity index (χ2n) is 6.55. The minimum absolute atomic E-state index is 0.00706. The number of likely N-dealkylation sites (N-methyl/N-ethyl adjacent to an activating group) is 1. The quantitative estimate of drug-likeness (QED) is 0.839. The van der Waals surface area contributed by atoms with Crippen molar-refractivity contribution in [3.05, 3.63) is 29.8 Å². The van der Waals surface area contributed by atoms with Gasteiger partial charge in [-0.25, -0.2) is 0 Å². The lowest BCUT2D eigenvalue weighted by molar-refractivity contribution is -0.136. The zero-order chi connectivity index (χ0) is 17.5. The number of benzene rings is 1. The van der Waals surface area contributed by atoms with Gasteiger partial charge in [-0.15, -0.1) is 0 Å². The van der Waals surface area contributed by atoms with Crippen molar-refractivity contribution in [1.29, 1.82) is 0 Å². The summed E-state index contributed by atoms with van der Waals surface area (Å²) in [6.45, 7) is 8.29. The van der Waals surface area contributed by atoms with Crippen molar-refractivity contribution in [3.8, 4) is 5.75 Å². The zero-order valence-electron chi connectivity index (χ0n) is 14.8. The molecule has 2 amide bonds. The molecule has 5 nitrogen and oxygen atoms in total. The standard InChI is InChI=1S/C18H28N2O3/c1-6-20(13-16(21)19-18(2,3)4)17(22)12-9-14-7-10-15(23-5)11-8-14/h7-8,10-11H,6,9,12-13H2,1-5H3,(H,19,21). The van der Waals surface area contributed by atoms with Gasteiger partial charge in [0, 0.05) is 18.5 Å². The maximum absolute atomic E-state index is 12.3. The van der Waals surface area contributed by atoms with E-state index in [9.17, 15) is 9.59 Å². The number of rotatable bonds is 7. The molecule has 0 heterocycles. The highest BCUT2D eigenvalue weighted by molar-refractivity contribution is 5.85. The number of carbonyl (C=O) groups is 2. The molecule has 0 aliphatic heterocycles. The van der Waals surface area contributed by atoms with Crippen LogP contribution >= 0.6 is 0 Å². The number of aryl methyl sites for hydroxylation is 1. The van der Waals surface area contributed by atoms with Gasteiger partial charge < -0.3 is 15.0 Å². The number of methoxy groups -OCH3 is 1. The van der Waals surface area contributed by atoms with Gasteiger partial charge in [-0.1, -0.05) is 12.1 Å². The summed E-state index contributed by atoms with van der Waals surface area (Å²) in [4.78, 5) is 25.8. The van der Waals surface area contributed by atoms with E-state index in [1.54, 1.807) is 12.0 Å². The maximum atomic E-state index is 12.3. The number of nitrogens with zero attached hydrogens (tertiary/aromatic N) is 1. The summed E-state index contributed by atoms with van der Waals surface area (Å²) in [5.74, 6) is 0.665. The van der Waals surface area contributed by atoms with Gasteiger partial charge >= 0.3 is 0 Å². The third-order valence-electron chi connectivity index (χ3n) is 3.37. The highest BCUT2D eigenvalue weighted by Gasteiger charge is 2.19. The van der Waals surface area contributed by atoms with E-state index in [0.29, 0.717) is 19.4 Å². The van der Waals surface area contributed by atoms with Gasteiger partial charge in [0.1, 0.15) is 5.75 Å². The van der Waals surface area contributed by atoms with Crippen molar-refractivity contribution in [2.45, 2.75) is 46.1 Å². The Hall–Kier alpha value is -2.04. The summed E-state index contributed by atoms with van der Waals surface area (Å²) in [7, 11) is 1.63. The molecule has 0 spiro atoms. The van der Waals surface area contributed by atoms with Crippen molar-refractivity contribution >= 4 is 11.8 Å². The number of amides is 2. The second-order valence-corrected chi connectivity index (χ2v) is 6.55. The lowest BCUT2D eigenvalue weighted by Crippen LogP contribution is -2.47. The Morgan fingerprint density at radius 2 is 1.78 bits per heavy atom. The molecular weight excluding hydrogens is 292 g/mol. The minimum atomic E-state index is -0.289. The highest BCUT2D eigenvalue weighted by Crippen LogP contribution is 2.13. The first-order valence-electron chi connectivity index (χ1n) is 7.97. The van der Waals surface area contributed by atoms with Gasteiger partial charge in [-0.05, 0) is 51.8 Å². The molecule has 1 aromatic carbocycles. The van der Waals surface area contributed by atoms with Gasteiger partial charge in [-0.3, -0.25) is 9.59 Å². The summed E-state index contributed by atoms with van der Waals surface area (Å²) in [6.07, 6.45) is 1.04. The molecule has 5 heteroatoms. The summed E-state index contributed by atoms with van der Waals surface area (Å²) >= 11 is 0. The molecular formula is C18H28N2O3. The Labute approximate surface area is 139 Å². The number of ether oxygens (including phenoxy) is 1. The van der Waals surface area contributed by atoms with Gasteiger partial charge in [0.2, 0.25) is 11.8 Å². The molecule has 1 rings (SSSR count). The molecule has 1 aromatic rings. The van der Waals surface area contributed by atoms with Gasteiger partial charge in [-0.2, -0.15) is 0 Å². The van der Waals surface area contributed by atoms with Gasteiger partial charge in [0.15, 0.2) is 0 Å². The van der Waals surface area contributed by atoms with Crippen LogP contribution in [0.2, 0.25) is 0 Å². The van der Waals surface area contributed by atoms with Crippen molar-refractivity contribution in [3.63, 3.8) is 0 Å². The van der Waals surface area contributed by atoms with Crippen LogP contribution in [0.5, 0.6) is 5.75 Å². The first-order valence-corrected chi connectivity index (χ1v) is 7.97. The molecule has 0 unspecified atom stereocenters. The maximum Gasteiger partial charge on any atom is 0.240 e. The molecule has 0 fully saturated rings. The van der Waals surface area contributed by atoms with E-state index >= 15 is 0 Å². The summed E-state index contributed by atoms with van der Waals surface area (Å²) in [5.41, 5.74) is 0.789. The van der Waals surface area contributed by atoms with Crippen LogP contribution in [0.15, 0.2) is 24.3 Å². The molecule has 0 atom stereocenters. The predicted molar refractivity (Wildman–Crippen MR) is 91.5 cm³/mol. The van der Waals surface area contributed by atoms with E-state index in [1.165, 1.54) is 0 Å². The zero-order valence-corrected chi connectivity index (χ0v) is 14.8. The average molecular weight is 320 g/mol. The lowest BCUT2D eigenvalue weighted by atomic mass is 10.1. The fourth-order valence-electron chi connectivity index (χ4n) is 2.21. The van der Waals surface area contributed by atoms with E-state index in [-0.39, 0.29) is 23.9 Å². The van der Waals surface area contributed by atoms with E-state index in [2.05, 4.69) is 5.32 Å². The molecule has 0 bridgehead atoms. The van der Waals surface area contributed by atoms with E-state index < -0.39 is 0 Å². The van der Waals surface area contributed by atoms with Crippen LogP contribution in [0.1, 0.15) is 39.7 Å². The molecule has 23 heavy (non-hydrogen) atoms. The van der Waals surface area contributed by atoms with Crippen molar-refractivity contribution < 1.29 is 14.3 Å². The van der Waals surface area contributed by atoms with Crippen molar-refractivity contribution in [2.24, 2.45) is 0 Å². The fraction of sp³-hybridized carbons (Fsp3) is 0.556. The van der Waals surface area contributed by atoms with Crippen LogP contribution in [-0.4, -0.2) is 42.5 Å². The normalized spacial score (nSPS) is 11.0. The van der Waals surface area contributed by atoms with Crippen LogP contribution in [0.25, 0.3) is 0 Å². The third kappa shape index (κ3) is 7.17. The fourth-order valence-corrected chi connectivity index (χ4v) is 2.21.